The van der Waals surface area contributed by atoms with Crippen LogP contribution < -0.4 is 4.74 Å². The highest BCUT2D eigenvalue weighted by Crippen LogP contribution is 2.36. The molecule has 0 spiro atoms. The van der Waals surface area contributed by atoms with Crippen molar-refractivity contribution in [2.45, 2.75) is 13.0 Å². The quantitative estimate of drug-likeness (QED) is 0.390. The average Bonchev–Trinajstić information content (AvgIpc) is 2.98. The monoisotopic (exact) mass is 482 g/mol. The Hall–Kier alpha value is -2.17. The molecule has 27 heavy (non-hydrogen) atoms. The van der Waals surface area contributed by atoms with Gasteiger partial charge in [-0.1, -0.05) is 70.5 Å². The maximum Gasteiger partial charge on any atom is 0.189 e. The van der Waals surface area contributed by atoms with Crippen LogP contribution in [0.4, 0.5) is 0 Å². The van der Waals surface area contributed by atoms with Gasteiger partial charge in [-0.05, 0) is 45.3 Å². The van der Waals surface area contributed by atoms with E-state index in [9.17, 15) is 4.79 Å². The van der Waals surface area contributed by atoms with Crippen LogP contribution in [0.5, 0.6) is 5.75 Å². The standard InChI is InChI=1S/C23H16Br2O2/c24-19-12-18(11-17-10-16-8-4-5-9-20(16)22(17)26)23(21(25)13-19)27-14-15-6-2-1-3-7-15/h1-9,11-13H,10,14H2/b17-11+. The van der Waals surface area contributed by atoms with E-state index in [0.717, 1.165) is 42.5 Å². The zero-order valence-electron chi connectivity index (χ0n) is 14.4. The number of Topliss-reactive ketones (excluding diaryl/α,β-unsaturated/α-hetero) is 1. The summed E-state index contributed by atoms with van der Waals surface area (Å²) in [6, 6.07) is 21.7. The van der Waals surface area contributed by atoms with Gasteiger partial charge < -0.3 is 4.74 Å². The fourth-order valence-corrected chi connectivity index (χ4v) is 4.60. The predicted octanol–water partition coefficient (Wildman–Crippen LogP) is 6.61. The molecule has 0 atom stereocenters. The van der Waals surface area contributed by atoms with Crippen molar-refractivity contribution in [3.05, 3.63) is 104 Å². The molecule has 0 aromatic heterocycles. The third kappa shape index (κ3) is 3.92. The van der Waals surface area contributed by atoms with Crippen LogP contribution in [-0.2, 0) is 13.0 Å². The first-order valence-corrected chi connectivity index (χ1v) is 10.2. The van der Waals surface area contributed by atoms with E-state index in [0.29, 0.717) is 13.0 Å². The van der Waals surface area contributed by atoms with Crippen LogP contribution in [-0.4, -0.2) is 5.78 Å². The number of allylic oxidation sites excluding steroid dienone is 1. The average molecular weight is 484 g/mol. The van der Waals surface area contributed by atoms with Gasteiger partial charge in [-0.3, -0.25) is 4.79 Å². The van der Waals surface area contributed by atoms with Gasteiger partial charge in [0.25, 0.3) is 0 Å². The highest BCUT2D eigenvalue weighted by molar-refractivity contribution is 9.11. The fourth-order valence-electron chi connectivity index (χ4n) is 3.23. The molecule has 0 heterocycles. The second-order valence-corrected chi connectivity index (χ2v) is 8.18. The van der Waals surface area contributed by atoms with Gasteiger partial charge in [-0.2, -0.15) is 0 Å². The van der Waals surface area contributed by atoms with Crippen molar-refractivity contribution in [1.82, 2.24) is 0 Å². The minimum Gasteiger partial charge on any atom is -0.487 e. The summed E-state index contributed by atoms with van der Waals surface area (Å²) in [5.41, 5.74) is 4.63. The number of ether oxygens (including phenoxy) is 1. The van der Waals surface area contributed by atoms with E-state index in [1.807, 2.05) is 72.8 Å². The first-order valence-electron chi connectivity index (χ1n) is 8.61. The summed E-state index contributed by atoms with van der Waals surface area (Å²) in [5, 5.41) is 0. The first kappa shape index (κ1) is 18.2. The molecule has 0 bridgehead atoms. The molecule has 0 radical (unpaired) electrons. The Balaban J connectivity index is 1.68. The van der Waals surface area contributed by atoms with Gasteiger partial charge in [-0.25, -0.2) is 0 Å². The van der Waals surface area contributed by atoms with Crippen LogP contribution in [0.15, 0.2) is 81.2 Å². The van der Waals surface area contributed by atoms with Crippen LogP contribution in [0.1, 0.15) is 27.0 Å². The van der Waals surface area contributed by atoms with Gasteiger partial charge in [0, 0.05) is 27.6 Å². The van der Waals surface area contributed by atoms with Crippen molar-refractivity contribution >= 4 is 43.7 Å². The van der Waals surface area contributed by atoms with Crippen LogP contribution in [0, 0.1) is 0 Å². The van der Waals surface area contributed by atoms with E-state index in [2.05, 4.69) is 31.9 Å². The third-order valence-electron chi connectivity index (χ3n) is 4.53. The highest BCUT2D eigenvalue weighted by Gasteiger charge is 2.24. The molecule has 0 saturated heterocycles. The van der Waals surface area contributed by atoms with Crippen LogP contribution >= 0.6 is 31.9 Å². The van der Waals surface area contributed by atoms with Crippen LogP contribution in [0.3, 0.4) is 0 Å². The summed E-state index contributed by atoms with van der Waals surface area (Å²) in [4.78, 5) is 12.7. The molecule has 3 aromatic carbocycles. The predicted molar refractivity (Wildman–Crippen MR) is 115 cm³/mol. The lowest BCUT2D eigenvalue weighted by molar-refractivity contribution is 0.104. The Morgan fingerprint density at radius 2 is 1.70 bits per heavy atom. The zero-order valence-corrected chi connectivity index (χ0v) is 17.6. The number of hydrogen-bond acceptors (Lipinski definition) is 2. The number of ketones is 1. The van der Waals surface area contributed by atoms with Crippen molar-refractivity contribution in [2.75, 3.05) is 0 Å². The molecule has 4 heteroatoms. The molecule has 0 fully saturated rings. The van der Waals surface area contributed by atoms with E-state index in [1.54, 1.807) is 0 Å². The second kappa shape index (κ2) is 7.83. The second-order valence-electron chi connectivity index (χ2n) is 6.41. The molecule has 1 aliphatic rings. The lowest BCUT2D eigenvalue weighted by Gasteiger charge is -2.13. The maximum absolute atomic E-state index is 12.7. The van der Waals surface area contributed by atoms with Gasteiger partial charge in [0.05, 0.1) is 4.47 Å². The number of benzene rings is 3. The molecule has 0 N–H and O–H groups in total. The van der Waals surface area contributed by atoms with Gasteiger partial charge in [0.2, 0.25) is 0 Å². The number of fused-ring (bicyclic) bond motifs is 1. The van der Waals surface area contributed by atoms with Gasteiger partial charge in [-0.15, -0.1) is 0 Å². The maximum atomic E-state index is 12.7. The normalized spacial score (nSPS) is 14.4. The van der Waals surface area contributed by atoms with Gasteiger partial charge in [0.1, 0.15) is 12.4 Å². The van der Waals surface area contributed by atoms with Crippen molar-refractivity contribution < 1.29 is 9.53 Å². The third-order valence-corrected chi connectivity index (χ3v) is 5.57. The van der Waals surface area contributed by atoms with E-state index < -0.39 is 0 Å². The molecule has 1 aliphatic carbocycles. The first-order chi connectivity index (χ1) is 13.1. The van der Waals surface area contributed by atoms with Crippen molar-refractivity contribution in [3.8, 4) is 5.75 Å². The van der Waals surface area contributed by atoms with E-state index in [-0.39, 0.29) is 5.78 Å². The lowest BCUT2D eigenvalue weighted by atomic mass is 10.1. The lowest BCUT2D eigenvalue weighted by Crippen LogP contribution is -2.00. The number of carbonyl (C=O) groups excluding carboxylic acids is 1. The molecule has 4 rings (SSSR count). The molecular formula is C23H16Br2O2. The number of rotatable bonds is 4. The van der Waals surface area contributed by atoms with E-state index in [1.165, 1.54) is 0 Å². The molecule has 0 unspecified atom stereocenters. The molecule has 0 amide bonds. The molecule has 134 valence electrons. The zero-order chi connectivity index (χ0) is 18.8. The number of hydrogen-bond donors (Lipinski definition) is 0. The Morgan fingerprint density at radius 1 is 0.963 bits per heavy atom. The highest BCUT2D eigenvalue weighted by atomic mass is 79.9. The fraction of sp³-hybridized carbons (Fsp3) is 0.0870. The largest absolute Gasteiger partial charge is 0.487 e. The Labute approximate surface area is 175 Å². The van der Waals surface area contributed by atoms with Crippen molar-refractivity contribution in [2.24, 2.45) is 0 Å². The van der Waals surface area contributed by atoms with Gasteiger partial charge >= 0.3 is 0 Å². The van der Waals surface area contributed by atoms with Crippen molar-refractivity contribution in [1.29, 1.82) is 0 Å². The molecule has 2 nitrogen and oxygen atoms in total. The molecular weight excluding hydrogens is 468 g/mol. The minimum absolute atomic E-state index is 0.0932. The Kier molecular flexibility index (Phi) is 5.28. The minimum atomic E-state index is 0.0932. The number of halogens is 2. The van der Waals surface area contributed by atoms with Crippen LogP contribution in [0.2, 0.25) is 0 Å². The molecule has 0 aliphatic heterocycles. The van der Waals surface area contributed by atoms with E-state index >= 15 is 0 Å². The smallest absolute Gasteiger partial charge is 0.189 e. The van der Waals surface area contributed by atoms with Gasteiger partial charge in [0.15, 0.2) is 5.78 Å². The SMILES string of the molecule is O=C1/C(=C/c2cc(Br)cc(Br)c2OCc2ccccc2)Cc2ccccc21. The summed E-state index contributed by atoms with van der Waals surface area (Å²) >= 11 is 7.13. The summed E-state index contributed by atoms with van der Waals surface area (Å²) < 4.78 is 7.88. The van der Waals surface area contributed by atoms with E-state index in [4.69, 9.17) is 4.74 Å². The number of carbonyl (C=O) groups is 1. The summed E-state index contributed by atoms with van der Waals surface area (Å²) in [6.07, 6.45) is 2.59. The molecule has 0 saturated carbocycles. The topological polar surface area (TPSA) is 26.3 Å². The summed E-state index contributed by atoms with van der Waals surface area (Å²) in [7, 11) is 0. The Morgan fingerprint density at radius 3 is 2.48 bits per heavy atom. The van der Waals surface area contributed by atoms with Crippen molar-refractivity contribution in [3.63, 3.8) is 0 Å². The summed E-state index contributed by atoms with van der Waals surface area (Å²) in [5.74, 6) is 0.828. The Bertz CT molecular complexity index is 1040. The molecule has 3 aromatic rings. The van der Waals surface area contributed by atoms with Crippen LogP contribution in [0.25, 0.3) is 6.08 Å². The summed E-state index contributed by atoms with van der Waals surface area (Å²) in [6.45, 7) is 0.464.